The van der Waals surface area contributed by atoms with Crippen molar-refractivity contribution < 1.29 is 27.1 Å². The predicted molar refractivity (Wildman–Crippen MR) is 65.4 cm³/mol. The van der Waals surface area contributed by atoms with Gasteiger partial charge in [0.05, 0.1) is 6.61 Å². The number of rotatable bonds is 5. The number of hydrogen-bond acceptors (Lipinski definition) is 3. The average molecular weight is 287 g/mol. The molecule has 4 nitrogen and oxygen atoms in total. The smallest absolute Gasteiger partial charge is 0.411 e. The van der Waals surface area contributed by atoms with Crippen molar-refractivity contribution in [3.8, 4) is 0 Å². The van der Waals surface area contributed by atoms with Crippen molar-refractivity contribution in [2.75, 3.05) is 19.8 Å². The van der Waals surface area contributed by atoms with Gasteiger partial charge in [-0.25, -0.2) is 0 Å². The highest BCUT2D eigenvalue weighted by molar-refractivity contribution is 5.95. The van der Waals surface area contributed by atoms with E-state index in [1.807, 2.05) is 6.07 Å². The van der Waals surface area contributed by atoms with Gasteiger partial charge in [0.1, 0.15) is 12.2 Å². The molecule has 7 heteroatoms. The molecule has 0 unspecified atom stereocenters. The van der Waals surface area contributed by atoms with E-state index in [0.717, 1.165) is 5.39 Å². The van der Waals surface area contributed by atoms with Gasteiger partial charge in [-0.2, -0.15) is 13.2 Å². The number of fused-ring (bicyclic) bond motifs is 1. The van der Waals surface area contributed by atoms with E-state index in [4.69, 9.17) is 4.42 Å². The number of halogens is 3. The second kappa shape index (κ2) is 5.96. The Morgan fingerprint density at radius 2 is 2.05 bits per heavy atom. The second-order valence-electron chi connectivity index (χ2n) is 4.07. The third-order valence-corrected chi connectivity index (χ3v) is 2.45. The number of furan rings is 1. The van der Waals surface area contributed by atoms with E-state index in [0.29, 0.717) is 5.58 Å². The van der Waals surface area contributed by atoms with Gasteiger partial charge in [0.25, 0.3) is 5.91 Å². The summed E-state index contributed by atoms with van der Waals surface area (Å²) in [6, 6.07) is 8.67. The molecule has 0 aliphatic rings. The number of amides is 1. The summed E-state index contributed by atoms with van der Waals surface area (Å²) in [5.41, 5.74) is 0.575. The fourth-order valence-corrected chi connectivity index (χ4v) is 1.61. The molecule has 0 radical (unpaired) electrons. The molecule has 0 aliphatic carbocycles. The van der Waals surface area contributed by atoms with Crippen LogP contribution in [0.5, 0.6) is 0 Å². The summed E-state index contributed by atoms with van der Waals surface area (Å²) in [5.74, 6) is -0.376. The number of hydrogen-bond donors (Lipinski definition) is 1. The van der Waals surface area contributed by atoms with Crippen molar-refractivity contribution in [1.82, 2.24) is 5.32 Å². The summed E-state index contributed by atoms with van der Waals surface area (Å²) in [6.07, 6.45) is -4.36. The Balaban J connectivity index is 1.80. The lowest BCUT2D eigenvalue weighted by molar-refractivity contribution is -0.173. The molecule has 1 amide bonds. The normalized spacial score (nSPS) is 11.8. The van der Waals surface area contributed by atoms with Crippen LogP contribution in [0.25, 0.3) is 11.0 Å². The fraction of sp³-hybridized carbons (Fsp3) is 0.308. The Bertz CT molecular complexity index is 559. The molecule has 2 rings (SSSR count). The summed E-state index contributed by atoms with van der Waals surface area (Å²) in [4.78, 5) is 11.7. The van der Waals surface area contributed by atoms with Crippen LogP contribution in [0, 0.1) is 0 Å². The maximum atomic E-state index is 11.8. The Kier molecular flexibility index (Phi) is 4.29. The number of ether oxygens (including phenoxy) is 1. The number of carbonyl (C=O) groups excluding carboxylic acids is 1. The minimum Gasteiger partial charge on any atom is -0.451 e. The molecule has 0 saturated heterocycles. The Labute approximate surface area is 112 Å². The van der Waals surface area contributed by atoms with Gasteiger partial charge in [0.15, 0.2) is 5.76 Å². The molecule has 1 aromatic carbocycles. The van der Waals surface area contributed by atoms with Gasteiger partial charge in [-0.1, -0.05) is 18.2 Å². The van der Waals surface area contributed by atoms with Crippen molar-refractivity contribution in [2.45, 2.75) is 6.18 Å². The van der Waals surface area contributed by atoms with Crippen LogP contribution >= 0.6 is 0 Å². The topological polar surface area (TPSA) is 51.5 Å². The number of alkyl halides is 3. The second-order valence-corrected chi connectivity index (χ2v) is 4.07. The van der Waals surface area contributed by atoms with E-state index in [1.165, 1.54) is 0 Å². The van der Waals surface area contributed by atoms with Crippen LogP contribution in [0.3, 0.4) is 0 Å². The first-order valence-electron chi connectivity index (χ1n) is 5.87. The first-order chi connectivity index (χ1) is 9.46. The molecule has 0 bridgehead atoms. The molecule has 2 aromatic rings. The van der Waals surface area contributed by atoms with Gasteiger partial charge in [-0.3, -0.25) is 4.79 Å². The molecule has 1 heterocycles. The first-order valence-corrected chi connectivity index (χ1v) is 5.87. The van der Waals surface area contributed by atoms with Gasteiger partial charge < -0.3 is 14.5 Å². The van der Waals surface area contributed by atoms with Gasteiger partial charge >= 0.3 is 6.18 Å². The first kappa shape index (κ1) is 14.4. The molecule has 0 spiro atoms. The quantitative estimate of drug-likeness (QED) is 0.860. The van der Waals surface area contributed by atoms with Crippen LogP contribution in [-0.2, 0) is 4.74 Å². The van der Waals surface area contributed by atoms with Crippen molar-refractivity contribution in [3.05, 3.63) is 36.1 Å². The van der Waals surface area contributed by atoms with Crippen molar-refractivity contribution in [1.29, 1.82) is 0 Å². The van der Waals surface area contributed by atoms with Crippen LogP contribution in [0.2, 0.25) is 0 Å². The van der Waals surface area contributed by atoms with Crippen LogP contribution < -0.4 is 5.32 Å². The Morgan fingerprint density at radius 1 is 1.30 bits per heavy atom. The highest BCUT2D eigenvalue weighted by Gasteiger charge is 2.27. The van der Waals surface area contributed by atoms with E-state index in [-0.39, 0.29) is 18.9 Å². The largest absolute Gasteiger partial charge is 0.451 e. The maximum absolute atomic E-state index is 11.8. The van der Waals surface area contributed by atoms with Crippen LogP contribution in [0.4, 0.5) is 13.2 Å². The highest BCUT2D eigenvalue weighted by Crippen LogP contribution is 2.18. The standard InChI is InChI=1S/C13H12F3NO3/c14-13(15,16)8-19-6-5-17-12(18)11-7-9-3-1-2-4-10(9)20-11/h1-4,7H,5-6,8H2,(H,17,18). The molecular weight excluding hydrogens is 275 g/mol. The molecule has 20 heavy (non-hydrogen) atoms. The molecule has 0 atom stereocenters. The number of benzene rings is 1. The lowest BCUT2D eigenvalue weighted by Crippen LogP contribution is -2.28. The average Bonchev–Trinajstić information content (AvgIpc) is 2.80. The molecular formula is C13H12F3NO3. The van der Waals surface area contributed by atoms with E-state index < -0.39 is 18.7 Å². The number of carbonyl (C=O) groups is 1. The minimum atomic E-state index is -4.36. The zero-order valence-corrected chi connectivity index (χ0v) is 10.4. The maximum Gasteiger partial charge on any atom is 0.411 e. The summed E-state index contributed by atoms with van der Waals surface area (Å²) in [5, 5.41) is 3.20. The van der Waals surface area contributed by atoms with Gasteiger partial charge in [0, 0.05) is 11.9 Å². The molecule has 1 N–H and O–H groups in total. The van der Waals surface area contributed by atoms with E-state index in [9.17, 15) is 18.0 Å². The molecule has 0 fully saturated rings. The summed E-state index contributed by atoms with van der Waals surface area (Å²) >= 11 is 0. The summed E-state index contributed by atoms with van der Waals surface area (Å²) in [6.45, 7) is -1.56. The van der Waals surface area contributed by atoms with Gasteiger partial charge in [-0.15, -0.1) is 0 Å². The zero-order valence-electron chi connectivity index (χ0n) is 10.4. The van der Waals surface area contributed by atoms with Crippen LogP contribution in [-0.4, -0.2) is 31.8 Å². The van der Waals surface area contributed by atoms with Crippen molar-refractivity contribution in [3.63, 3.8) is 0 Å². The van der Waals surface area contributed by atoms with E-state index >= 15 is 0 Å². The molecule has 1 aromatic heterocycles. The number of para-hydroxylation sites is 1. The van der Waals surface area contributed by atoms with Crippen LogP contribution in [0.15, 0.2) is 34.7 Å². The Morgan fingerprint density at radius 3 is 2.75 bits per heavy atom. The molecule has 108 valence electrons. The number of nitrogens with one attached hydrogen (secondary N) is 1. The lowest BCUT2D eigenvalue weighted by Gasteiger charge is -2.07. The monoisotopic (exact) mass is 287 g/mol. The van der Waals surface area contributed by atoms with E-state index in [2.05, 4.69) is 10.1 Å². The zero-order chi connectivity index (χ0) is 14.6. The van der Waals surface area contributed by atoms with Crippen molar-refractivity contribution >= 4 is 16.9 Å². The third kappa shape index (κ3) is 3.99. The van der Waals surface area contributed by atoms with Crippen molar-refractivity contribution in [2.24, 2.45) is 0 Å². The highest BCUT2D eigenvalue weighted by atomic mass is 19.4. The SMILES string of the molecule is O=C(NCCOCC(F)(F)F)c1cc2ccccc2o1. The molecule has 0 saturated carbocycles. The lowest BCUT2D eigenvalue weighted by atomic mass is 10.2. The van der Waals surface area contributed by atoms with E-state index in [1.54, 1.807) is 24.3 Å². The van der Waals surface area contributed by atoms with Gasteiger partial charge in [-0.05, 0) is 12.1 Å². The minimum absolute atomic E-state index is 0.0219. The van der Waals surface area contributed by atoms with Crippen LogP contribution in [0.1, 0.15) is 10.6 Å². The Hall–Kier alpha value is -2.02. The fourth-order valence-electron chi connectivity index (χ4n) is 1.61. The third-order valence-electron chi connectivity index (χ3n) is 2.45. The summed E-state index contributed by atoms with van der Waals surface area (Å²) < 4.78 is 45.1. The molecule has 0 aliphatic heterocycles. The summed E-state index contributed by atoms with van der Waals surface area (Å²) in [7, 11) is 0. The predicted octanol–water partition coefficient (Wildman–Crippen LogP) is 2.74. The van der Waals surface area contributed by atoms with Gasteiger partial charge in [0.2, 0.25) is 0 Å².